The van der Waals surface area contributed by atoms with Crippen LogP contribution in [0.25, 0.3) is 0 Å². The van der Waals surface area contributed by atoms with E-state index in [1.54, 1.807) is 0 Å². The van der Waals surface area contributed by atoms with Gasteiger partial charge in [0.05, 0.1) is 16.6 Å². The van der Waals surface area contributed by atoms with Crippen molar-refractivity contribution >= 4 is 27.2 Å². The number of anilines is 2. The number of carbonyl (C=O) groups excluding carboxylic acids is 1. The highest BCUT2D eigenvalue weighted by Crippen LogP contribution is 2.26. The minimum atomic E-state index is -3.58. The number of carbonyl (C=O) groups is 1. The van der Waals surface area contributed by atoms with Crippen LogP contribution in [0.1, 0.15) is 29.8 Å². The van der Waals surface area contributed by atoms with Crippen LogP contribution in [0.15, 0.2) is 42.5 Å². The molecule has 0 saturated heterocycles. The molecule has 2 aromatic rings. The molecule has 0 aliphatic heterocycles. The molecule has 0 saturated carbocycles. The number of ketones is 1. The predicted molar refractivity (Wildman–Crippen MR) is 88.4 cm³/mol. The third kappa shape index (κ3) is 3.68. The number of hydrogen-bond donors (Lipinski definition) is 2. The van der Waals surface area contributed by atoms with Gasteiger partial charge in [-0.3, -0.25) is 9.52 Å². The van der Waals surface area contributed by atoms with E-state index < -0.39 is 26.9 Å². The molecule has 2 aromatic carbocycles. The number of hydrogen-bond acceptors (Lipinski definition) is 4. The quantitative estimate of drug-likeness (QED) is 0.649. The Morgan fingerprint density at radius 3 is 2.30 bits per heavy atom. The highest BCUT2D eigenvalue weighted by atomic mass is 32.2. The summed E-state index contributed by atoms with van der Waals surface area (Å²) in [4.78, 5) is 12.5. The Kier molecular flexibility index (Phi) is 4.70. The molecule has 0 aliphatic rings. The maximum atomic E-state index is 12.9. The number of nitrogens with two attached hydrogens (primary N) is 1. The molecule has 0 aliphatic carbocycles. The molecule has 0 aromatic heterocycles. The van der Waals surface area contributed by atoms with Crippen molar-refractivity contribution in [2.45, 2.75) is 19.1 Å². The molecule has 5 nitrogen and oxygen atoms in total. The van der Waals surface area contributed by atoms with Gasteiger partial charge >= 0.3 is 0 Å². The molecule has 0 unspecified atom stereocenters. The second-order valence-electron chi connectivity index (χ2n) is 5.30. The third-order valence-electron chi connectivity index (χ3n) is 3.33. The van der Waals surface area contributed by atoms with Crippen molar-refractivity contribution in [1.29, 1.82) is 0 Å². The molecule has 23 heavy (non-hydrogen) atoms. The first-order valence-electron chi connectivity index (χ1n) is 6.93. The topological polar surface area (TPSA) is 89.3 Å². The smallest absolute Gasteiger partial charge is 0.235 e. The highest BCUT2D eigenvalue weighted by molar-refractivity contribution is 7.93. The number of halogens is 1. The Bertz CT molecular complexity index is 831. The van der Waals surface area contributed by atoms with Crippen LogP contribution in [-0.4, -0.2) is 19.5 Å². The summed E-state index contributed by atoms with van der Waals surface area (Å²) in [6, 6.07) is 9.56. The first kappa shape index (κ1) is 17.0. The summed E-state index contributed by atoms with van der Waals surface area (Å²) in [6.45, 7) is 3.07. The lowest BCUT2D eigenvalue weighted by Crippen LogP contribution is -2.23. The molecule has 0 amide bonds. The van der Waals surface area contributed by atoms with Crippen molar-refractivity contribution in [1.82, 2.24) is 0 Å². The average Bonchev–Trinajstić information content (AvgIpc) is 2.49. The molecule has 0 atom stereocenters. The van der Waals surface area contributed by atoms with Gasteiger partial charge in [0, 0.05) is 11.1 Å². The summed E-state index contributed by atoms with van der Waals surface area (Å²) >= 11 is 0. The fourth-order valence-corrected chi connectivity index (χ4v) is 2.60. The Labute approximate surface area is 134 Å². The largest absolute Gasteiger partial charge is 0.396 e. The highest BCUT2D eigenvalue weighted by Gasteiger charge is 2.20. The monoisotopic (exact) mass is 336 g/mol. The second kappa shape index (κ2) is 6.37. The summed E-state index contributed by atoms with van der Waals surface area (Å²) in [6.07, 6.45) is 0. The number of sulfonamides is 1. The molecule has 7 heteroatoms. The molecule has 0 bridgehead atoms. The molecule has 122 valence electrons. The first-order valence-corrected chi connectivity index (χ1v) is 8.47. The standard InChI is InChI=1S/C16H17FN2O3S/c1-10(2)23(21,22)19-14-5-3-4-13(15(14)18)16(20)11-6-8-12(17)9-7-11/h3-10,19H,18H2,1-2H3. The van der Waals surface area contributed by atoms with E-state index in [1.165, 1.54) is 56.3 Å². The maximum Gasteiger partial charge on any atom is 0.235 e. The summed E-state index contributed by atoms with van der Waals surface area (Å²) in [7, 11) is -3.58. The van der Waals surface area contributed by atoms with Crippen molar-refractivity contribution in [3.63, 3.8) is 0 Å². The number of para-hydroxylation sites is 1. The second-order valence-corrected chi connectivity index (χ2v) is 7.54. The van der Waals surface area contributed by atoms with Crippen molar-refractivity contribution in [2.24, 2.45) is 0 Å². The van der Waals surface area contributed by atoms with Gasteiger partial charge in [0.1, 0.15) is 5.82 Å². The van der Waals surface area contributed by atoms with Gasteiger partial charge in [-0.05, 0) is 50.2 Å². The van der Waals surface area contributed by atoms with Crippen molar-refractivity contribution < 1.29 is 17.6 Å². The molecule has 0 fully saturated rings. The van der Waals surface area contributed by atoms with E-state index in [0.29, 0.717) is 0 Å². The molecule has 2 rings (SSSR count). The van der Waals surface area contributed by atoms with E-state index >= 15 is 0 Å². The lowest BCUT2D eigenvalue weighted by atomic mass is 10.0. The Morgan fingerprint density at radius 2 is 1.74 bits per heavy atom. The fourth-order valence-electron chi connectivity index (χ4n) is 1.88. The van der Waals surface area contributed by atoms with E-state index in [2.05, 4.69) is 4.72 Å². The maximum absolute atomic E-state index is 12.9. The van der Waals surface area contributed by atoms with Crippen LogP contribution in [0, 0.1) is 5.82 Å². The van der Waals surface area contributed by atoms with Crippen molar-refractivity contribution in [3.8, 4) is 0 Å². The first-order chi connectivity index (χ1) is 10.7. The zero-order chi connectivity index (χ0) is 17.2. The minimum absolute atomic E-state index is 0.0334. The van der Waals surface area contributed by atoms with E-state index in [9.17, 15) is 17.6 Å². The molecule has 0 heterocycles. The number of rotatable bonds is 5. The van der Waals surface area contributed by atoms with Crippen LogP contribution >= 0.6 is 0 Å². The molecule has 3 N–H and O–H groups in total. The van der Waals surface area contributed by atoms with Gasteiger partial charge < -0.3 is 5.73 Å². The fraction of sp³-hybridized carbons (Fsp3) is 0.188. The molecule has 0 radical (unpaired) electrons. The van der Waals surface area contributed by atoms with Gasteiger partial charge in [0.2, 0.25) is 10.0 Å². The van der Waals surface area contributed by atoms with Crippen LogP contribution < -0.4 is 10.5 Å². The Hall–Kier alpha value is -2.41. The van der Waals surface area contributed by atoms with E-state index in [0.717, 1.165) is 0 Å². The Morgan fingerprint density at radius 1 is 1.13 bits per heavy atom. The lowest BCUT2D eigenvalue weighted by Gasteiger charge is -2.14. The van der Waals surface area contributed by atoms with Gasteiger partial charge in [-0.25, -0.2) is 12.8 Å². The van der Waals surface area contributed by atoms with Gasteiger partial charge in [0.15, 0.2) is 5.78 Å². The van der Waals surface area contributed by atoms with Gasteiger partial charge in [0.25, 0.3) is 0 Å². The normalized spacial score (nSPS) is 11.5. The minimum Gasteiger partial charge on any atom is -0.396 e. The third-order valence-corrected chi connectivity index (χ3v) is 5.08. The van der Waals surface area contributed by atoms with Crippen LogP contribution in [0.4, 0.5) is 15.8 Å². The number of nitrogens with one attached hydrogen (secondary N) is 1. The van der Waals surface area contributed by atoms with Crippen LogP contribution in [0.3, 0.4) is 0 Å². The van der Waals surface area contributed by atoms with E-state index in [1.807, 2.05) is 0 Å². The average molecular weight is 336 g/mol. The van der Waals surface area contributed by atoms with Crippen molar-refractivity contribution in [3.05, 3.63) is 59.4 Å². The summed E-state index contributed by atoms with van der Waals surface area (Å²) in [5.41, 5.74) is 6.53. The van der Waals surface area contributed by atoms with Gasteiger partial charge in [-0.1, -0.05) is 6.07 Å². The number of benzene rings is 2. The zero-order valence-corrected chi connectivity index (χ0v) is 13.5. The van der Waals surface area contributed by atoms with Crippen molar-refractivity contribution in [2.75, 3.05) is 10.5 Å². The SMILES string of the molecule is CC(C)S(=O)(=O)Nc1cccc(C(=O)c2ccc(F)cc2)c1N. The summed E-state index contributed by atoms with van der Waals surface area (Å²) in [5.74, 6) is -0.860. The zero-order valence-electron chi connectivity index (χ0n) is 12.7. The summed E-state index contributed by atoms with van der Waals surface area (Å²) in [5, 5.41) is -0.640. The summed E-state index contributed by atoms with van der Waals surface area (Å²) < 4.78 is 39.2. The van der Waals surface area contributed by atoms with Crippen LogP contribution in [0.2, 0.25) is 0 Å². The molecular formula is C16H17FN2O3S. The van der Waals surface area contributed by atoms with Gasteiger partial charge in [-0.2, -0.15) is 0 Å². The van der Waals surface area contributed by atoms with Crippen LogP contribution in [-0.2, 0) is 10.0 Å². The van der Waals surface area contributed by atoms with Gasteiger partial charge in [-0.15, -0.1) is 0 Å². The lowest BCUT2D eigenvalue weighted by molar-refractivity contribution is 0.103. The van der Waals surface area contributed by atoms with E-state index in [-0.39, 0.29) is 22.5 Å². The number of nitrogen functional groups attached to an aromatic ring is 1. The Balaban J connectivity index is 2.40. The van der Waals surface area contributed by atoms with Crippen LogP contribution in [0.5, 0.6) is 0 Å². The molecular weight excluding hydrogens is 319 g/mol. The molecule has 0 spiro atoms. The predicted octanol–water partition coefficient (Wildman–Crippen LogP) is 2.79. The van der Waals surface area contributed by atoms with E-state index in [4.69, 9.17) is 5.73 Å².